The number of hydrogen-bond acceptors (Lipinski definition) is 5. The number of fused-ring (bicyclic) bond motifs is 1. The molecule has 0 saturated carbocycles. The van der Waals surface area contributed by atoms with Crippen LogP contribution in [-0.4, -0.2) is 20.3 Å². The maximum atomic E-state index is 12.7. The van der Waals surface area contributed by atoms with E-state index in [2.05, 4.69) is 15.5 Å². The van der Waals surface area contributed by atoms with Crippen LogP contribution in [0.1, 0.15) is 15.9 Å². The Morgan fingerprint density at radius 2 is 1.67 bits per heavy atom. The highest BCUT2D eigenvalue weighted by molar-refractivity contribution is 7.86. The first-order chi connectivity index (χ1) is 13.2. The third-order valence-corrected chi connectivity index (χ3v) is 6.50. The Kier molecular flexibility index (Phi) is 5.04. The second kappa shape index (κ2) is 7.77. The summed E-state index contributed by atoms with van der Waals surface area (Å²) in [5.74, 6) is 0.107. The van der Waals surface area contributed by atoms with Crippen molar-refractivity contribution in [3.05, 3.63) is 83.9 Å². The molecule has 134 valence electrons. The van der Waals surface area contributed by atoms with Gasteiger partial charge < -0.3 is 0 Å². The summed E-state index contributed by atoms with van der Waals surface area (Å²) in [5, 5.41) is 12.9. The van der Waals surface area contributed by atoms with Gasteiger partial charge in [-0.15, -0.1) is 10.2 Å². The Bertz CT molecular complexity index is 1120. The molecule has 0 aliphatic heterocycles. The van der Waals surface area contributed by atoms with E-state index in [-0.39, 0.29) is 5.91 Å². The lowest BCUT2D eigenvalue weighted by molar-refractivity contribution is 0.102. The lowest BCUT2D eigenvalue weighted by Gasteiger charge is -2.05. The van der Waals surface area contributed by atoms with Crippen LogP contribution in [0.2, 0.25) is 0 Å². The van der Waals surface area contributed by atoms with Crippen molar-refractivity contribution in [2.45, 2.75) is 10.1 Å². The van der Waals surface area contributed by atoms with Crippen LogP contribution in [0.25, 0.3) is 10.8 Å². The molecule has 27 heavy (non-hydrogen) atoms. The number of amides is 1. The summed E-state index contributed by atoms with van der Waals surface area (Å²) in [6.45, 7) is 0. The summed E-state index contributed by atoms with van der Waals surface area (Å²) in [4.78, 5) is 12.7. The summed E-state index contributed by atoms with van der Waals surface area (Å²) in [5.41, 5.74) is 1.53. The fourth-order valence-corrected chi connectivity index (χ4v) is 4.74. The van der Waals surface area contributed by atoms with E-state index in [0.717, 1.165) is 27.7 Å². The Morgan fingerprint density at radius 3 is 2.52 bits per heavy atom. The van der Waals surface area contributed by atoms with Crippen LogP contribution in [0.4, 0.5) is 5.13 Å². The average Bonchev–Trinajstić information content (AvgIpc) is 3.17. The summed E-state index contributed by atoms with van der Waals surface area (Å²) in [6.07, 6.45) is 0. The van der Waals surface area contributed by atoms with Gasteiger partial charge in [0, 0.05) is 5.56 Å². The van der Waals surface area contributed by atoms with Crippen LogP contribution >= 0.6 is 11.3 Å². The third kappa shape index (κ3) is 3.94. The lowest BCUT2D eigenvalue weighted by Crippen LogP contribution is -2.12. The fourth-order valence-electron chi connectivity index (χ4n) is 2.73. The van der Waals surface area contributed by atoms with Gasteiger partial charge in [0.1, 0.15) is 0 Å². The molecule has 0 aliphatic rings. The van der Waals surface area contributed by atoms with E-state index < -0.39 is 10.8 Å². The molecule has 1 aromatic heterocycles. The van der Waals surface area contributed by atoms with Crippen molar-refractivity contribution in [2.24, 2.45) is 0 Å². The number of hydrogen-bond donors (Lipinski definition) is 1. The highest BCUT2D eigenvalue weighted by Crippen LogP contribution is 2.23. The summed E-state index contributed by atoms with van der Waals surface area (Å²) < 4.78 is 12.9. The van der Waals surface area contributed by atoms with Gasteiger partial charge in [0.2, 0.25) is 9.47 Å². The van der Waals surface area contributed by atoms with Crippen LogP contribution in [0.5, 0.6) is 0 Å². The summed E-state index contributed by atoms with van der Waals surface area (Å²) >= 11 is 1.13. The largest absolute Gasteiger partial charge is 0.296 e. The van der Waals surface area contributed by atoms with Gasteiger partial charge in [-0.1, -0.05) is 78.1 Å². The standard InChI is InChI=1S/C20H15N3O2S2/c24-18(17-12-6-10-15-9-4-5-11-16(15)17)21-19-22-23-20(26-19)27(25)13-14-7-2-1-3-8-14/h1-12H,13H2,(H,21,22,24)/t27-/m1/s1. The normalized spacial score (nSPS) is 12.0. The lowest BCUT2D eigenvalue weighted by atomic mass is 10.0. The van der Waals surface area contributed by atoms with Crippen LogP contribution in [0, 0.1) is 0 Å². The maximum Gasteiger partial charge on any atom is 0.258 e. The number of rotatable bonds is 5. The Morgan fingerprint density at radius 1 is 0.926 bits per heavy atom. The van der Waals surface area contributed by atoms with Gasteiger partial charge in [0.25, 0.3) is 5.91 Å². The van der Waals surface area contributed by atoms with Gasteiger partial charge >= 0.3 is 0 Å². The van der Waals surface area contributed by atoms with Crippen molar-refractivity contribution in [3.63, 3.8) is 0 Å². The Labute approximate surface area is 162 Å². The monoisotopic (exact) mass is 393 g/mol. The van der Waals surface area contributed by atoms with Crippen molar-refractivity contribution in [1.82, 2.24) is 10.2 Å². The smallest absolute Gasteiger partial charge is 0.258 e. The van der Waals surface area contributed by atoms with Crippen LogP contribution in [0.15, 0.2) is 77.1 Å². The van der Waals surface area contributed by atoms with Crippen molar-refractivity contribution in [3.8, 4) is 0 Å². The second-order valence-electron chi connectivity index (χ2n) is 5.83. The van der Waals surface area contributed by atoms with Gasteiger partial charge in [-0.2, -0.15) is 0 Å². The van der Waals surface area contributed by atoms with E-state index in [9.17, 15) is 9.00 Å². The van der Waals surface area contributed by atoms with E-state index >= 15 is 0 Å². The zero-order chi connectivity index (χ0) is 18.6. The highest BCUT2D eigenvalue weighted by atomic mass is 32.2. The molecule has 0 bridgehead atoms. The first kappa shape index (κ1) is 17.5. The molecule has 4 aromatic rings. The molecule has 0 radical (unpaired) electrons. The predicted molar refractivity (Wildman–Crippen MR) is 108 cm³/mol. The molecule has 0 saturated heterocycles. The third-order valence-electron chi connectivity index (χ3n) is 4.00. The zero-order valence-corrected chi connectivity index (χ0v) is 15.8. The number of benzene rings is 3. The predicted octanol–water partition coefficient (Wildman–Crippen LogP) is 4.25. The molecule has 3 aromatic carbocycles. The van der Waals surface area contributed by atoms with Gasteiger partial charge in [0.05, 0.1) is 16.6 Å². The van der Waals surface area contributed by atoms with Crippen molar-refractivity contribution >= 4 is 43.9 Å². The van der Waals surface area contributed by atoms with E-state index in [0.29, 0.717) is 20.8 Å². The minimum atomic E-state index is -1.30. The van der Waals surface area contributed by atoms with Crippen molar-refractivity contribution in [1.29, 1.82) is 0 Å². The molecule has 4 rings (SSSR count). The van der Waals surface area contributed by atoms with E-state index in [1.54, 1.807) is 6.07 Å². The molecule has 0 fully saturated rings. The van der Waals surface area contributed by atoms with Gasteiger partial charge in [-0.3, -0.25) is 14.3 Å². The quantitative estimate of drug-likeness (QED) is 0.515. The Balaban J connectivity index is 1.50. The average molecular weight is 393 g/mol. The minimum absolute atomic E-state index is 0.261. The molecule has 0 aliphatic carbocycles. The number of carbonyl (C=O) groups excluding carboxylic acids is 1. The number of carbonyl (C=O) groups is 1. The zero-order valence-electron chi connectivity index (χ0n) is 14.2. The first-order valence-electron chi connectivity index (χ1n) is 8.25. The number of anilines is 1. The van der Waals surface area contributed by atoms with Crippen molar-refractivity contribution < 1.29 is 9.00 Å². The van der Waals surface area contributed by atoms with Gasteiger partial charge in [-0.05, 0) is 22.4 Å². The molecule has 0 unspecified atom stereocenters. The minimum Gasteiger partial charge on any atom is -0.296 e. The molecule has 1 amide bonds. The number of nitrogens with one attached hydrogen (secondary N) is 1. The topological polar surface area (TPSA) is 72.0 Å². The van der Waals surface area contributed by atoms with E-state index in [1.807, 2.05) is 66.7 Å². The highest BCUT2D eigenvalue weighted by Gasteiger charge is 2.15. The molecular weight excluding hydrogens is 378 g/mol. The van der Waals surface area contributed by atoms with Crippen LogP contribution in [0.3, 0.4) is 0 Å². The van der Waals surface area contributed by atoms with Gasteiger partial charge in [-0.25, -0.2) is 0 Å². The Hall–Kier alpha value is -2.90. The second-order valence-corrected chi connectivity index (χ2v) is 8.43. The number of nitrogens with zero attached hydrogens (tertiary/aromatic N) is 2. The molecule has 5 nitrogen and oxygen atoms in total. The molecule has 1 atom stereocenters. The first-order valence-corrected chi connectivity index (χ1v) is 10.4. The van der Waals surface area contributed by atoms with Crippen molar-refractivity contribution in [2.75, 3.05) is 5.32 Å². The van der Waals surface area contributed by atoms with E-state index in [1.165, 1.54) is 0 Å². The maximum absolute atomic E-state index is 12.7. The van der Waals surface area contributed by atoms with Crippen LogP contribution < -0.4 is 5.32 Å². The molecule has 7 heteroatoms. The van der Waals surface area contributed by atoms with Gasteiger partial charge in [0.15, 0.2) is 0 Å². The molecule has 1 N–H and O–H groups in total. The fraction of sp³-hybridized carbons (Fsp3) is 0.0500. The van der Waals surface area contributed by atoms with E-state index in [4.69, 9.17) is 0 Å². The molecule has 1 heterocycles. The van der Waals surface area contributed by atoms with Crippen LogP contribution in [-0.2, 0) is 16.6 Å². The number of aromatic nitrogens is 2. The molecule has 0 spiro atoms. The molecular formula is C20H15N3O2S2. The summed E-state index contributed by atoms with van der Waals surface area (Å²) in [6, 6.07) is 22.8. The summed E-state index contributed by atoms with van der Waals surface area (Å²) in [7, 11) is -1.30. The SMILES string of the molecule is O=C(Nc1nnc([S@](=O)Cc2ccccc2)s1)c1cccc2ccccc12.